The maximum Gasteiger partial charge on any atom is 0.239 e. The minimum Gasteiger partial charge on any atom is -0.486 e. The Morgan fingerprint density at radius 1 is 1.33 bits per heavy atom. The standard InChI is InChI=1S/C10H10ClNO3/c11-6-10(13)12-7-1-2-8-9(5-7)15-4-3-14-8/h1-2,5H,3-4,6H2,(H,12,13). The first kappa shape index (κ1) is 10.1. The van der Waals surface area contributed by atoms with Crippen LogP contribution in [0.2, 0.25) is 0 Å². The molecule has 15 heavy (non-hydrogen) atoms. The number of halogens is 1. The number of fused-ring (bicyclic) bond motifs is 1. The Morgan fingerprint density at radius 3 is 2.80 bits per heavy atom. The number of nitrogens with one attached hydrogen (secondary N) is 1. The third kappa shape index (κ3) is 2.33. The van der Waals surface area contributed by atoms with Gasteiger partial charge in [-0.15, -0.1) is 11.6 Å². The normalized spacial score (nSPS) is 13.4. The fourth-order valence-corrected chi connectivity index (χ4v) is 1.38. The zero-order valence-corrected chi connectivity index (χ0v) is 8.71. The number of carbonyl (C=O) groups is 1. The van der Waals surface area contributed by atoms with E-state index in [2.05, 4.69) is 5.32 Å². The number of benzene rings is 1. The van der Waals surface area contributed by atoms with Crippen molar-refractivity contribution in [3.63, 3.8) is 0 Å². The molecule has 1 N–H and O–H groups in total. The highest BCUT2D eigenvalue weighted by Crippen LogP contribution is 2.32. The Kier molecular flexibility index (Phi) is 2.97. The van der Waals surface area contributed by atoms with Crippen LogP contribution in [0.5, 0.6) is 11.5 Å². The van der Waals surface area contributed by atoms with E-state index < -0.39 is 0 Å². The molecule has 0 bridgehead atoms. The van der Waals surface area contributed by atoms with Crippen molar-refractivity contribution in [2.24, 2.45) is 0 Å². The zero-order chi connectivity index (χ0) is 10.7. The van der Waals surface area contributed by atoms with Gasteiger partial charge in [-0.2, -0.15) is 0 Å². The van der Waals surface area contributed by atoms with E-state index in [-0.39, 0.29) is 11.8 Å². The number of hydrogen-bond donors (Lipinski definition) is 1. The Morgan fingerprint density at radius 2 is 2.07 bits per heavy atom. The molecule has 0 atom stereocenters. The van der Waals surface area contributed by atoms with Gasteiger partial charge in [-0.3, -0.25) is 4.79 Å². The number of anilines is 1. The smallest absolute Gasteiger partial charge is 0.239 e. The monoisotopic (exact) mass is 227 g/mol. The van der Waals surface area contributed by atoms with Gasteiger partial charge in [0.25, 0.3) is 0 Å². The van der Waals surface area contributed by atoms with Gasteiger partial charge in [0, 0.05) is 11.8 Å². The number of hydrogen-bond acceptors (Lipinski definition) is 3. The highest BCUT2D eigenvalue weighted by molar-refractivity contribution is 6.29. The van der Waals surface area contributed by atoms with E-state index in [1.54, 1.807) is 18.2 Å². The van der Waals surface area contributed by atoms with Crippen molar-refractivity contribution >= 4 is 23.2 Å². The molecule has 0 spiro atoms. The Labute approximate surface area is 92.1 Å². The SMILES string of the molecule is O=C(CCl)Nc1ccc2c(c1)OCCO2. The van der Waals surface area contributed by atoms with Crippen LogP contribution in [0, 0.1) is 0 Å². The molecule has 0 aliphatic carbocycles. The van der Waals surface area contributed by atoms with Crippen LogP contribution in [0.25, 0.3) is 0 Å². The van der Waals surface area contributed by atoms with Crippen molar-refractivity contribution in [3.05, 3.63) is 18.2 Å². The lowest BCUT2D eigenvalue weighted by Crippen LogP contribution is -2.16. The topological polar surface area (TPSA) is 47.6 Å². The number of ether oxygens (including phenoxy) is 2. The number of carbonyl (C=O) groups excluding carboxylic acids is 1. The van der Waals surface area contributed by atoms with Crippen molar-refractivity contribution < 1.29 is 14.3 Å². The van der Waals surface area contributed by atoms with Crippen LogP contribution in [0.4, 0.5) is 5.69 Å². The van der Waals surface area contributed by atoms with Crippen LogP contribution in [0.15, 0.2) is 18.2 Å². The van der Waals surface area contributed by atoms with Crippen LogP contribution >= 0.6 is 11.6 Å². The van der Waals surface area contributed by atoms with E-state index in [0.717, 1.165) is 0 Å². The second-order valence-corrected chi connectivity index (χ2v) is 3.31. The van der Waals surface area contributed by atoms with E-state index in [0.29, 0.717) is 30.4 Å². The second kappa shape index (κ2) is 4.40. The number of rotatable bonds is 2. The molecule has 0 radical (unpaired) electrons. The molecule has 0 saturated carbocycles. The van der Waals surface area contributed by atoms with Crippen molar-refractivity contribution in [1.82, 2.24) is 0 Å². The predicted molar refractivity (Wildman–Crippen MR) is 56.8 cm³/mol. The summed E-state index contributed by atoms with van der Waals surface area (Å²) in [4.78, 5) is 11.0. The molecule has 0 unspecified atom stereocenters. The van der Waals surface area contributed by atoms with Gasteiger partial charge in [0.1, 0.15) is 19.1 Å². The van der Waals surface area contributed by atoms with Crippen molar-refractivity contribution in [3.8, 4) is 11.5 Å². The number of amides is 1. The highest BCUT2D eigenvalue weighted by atomic mass is 35.5. The first-order valence-electron chi connectivity index (χ1n) is 4.55. The summed E-state index contributed by atoms with van der Waals surface area (Å²) in [6.45, 7) is 1.08. The van der Waals surface area contributed by atoms with Crippen LogP contribution in [0.1, 0.15) is 0 Å². The van der Waals surface area contributed by atoms with E-state index in [1.165, 1.54) is 0 Å². The summed E-state index contributed by atoms with van der Waals surface area (Å²) in [7, 11) is 0. The van der Waals surface area contributed by atoms with Crippen LogP contribution in [-0.4, -0.2) is 25.0 Å². The first-order chi connectivity index (χ1) is 7.29. The molecular weight excluding hydrogens is 218 g/mol. The van der Waals surface area contributed by atoms with E-state index in [1.807, 2.05) is 0 Å². The van der Waals surface area contributed by atoms with Gasteiger partial charge in [-0.1, -0.05) is 0 Å². The molecule has 1 aromatic rings. The lowest BCUT2D eigenvalue weighted by Gasteiger charge is -2.18. The average Bonchev–Trinajstić information content (AvgIpc) is 2.29. The lowest BCUT2D eigenvalue weighted by atomic mass is 10.2. The number of alkyl halides is 1. The summed E-state index contributed by atoms with van der Waals surface area (Å²) in [5.74, 6) is 1.04. The predicted octanol–water partition coefficient (Wildman–Crippen LogP) is 1.64. The second-order valence-electron chi connectivity index (χ2n) is 3.04. The van der Waals surface area contributed by atoms with Crippen molar-refractivity contribution in [2.45, 2.75) is 0 Å². The van der Waals surface area contributed by atoms with Crippen molar-refractivity contribution in [2.75, 3.05) is 24.4 Å². The van der Waals surface area contributed by atoms with Gasteiger partial charge >= 0.3 is 0 Å². The van der Waals surface area contributed by atoms with E-state index >= 15 is 0 Å². The van der Waals surface area contributed by atoms with Gasteiger partial charge in [0.15, 0.2) is 11.5 Å². The van der Waals surface area contributed by atoms with Gasteiger partial charge in [-0.25, -0.2) is 0 Å². The molecule has 0 saturated heterocycles. The summed E-state index contributed by atoms with van der Waals surface area (Å²) >= 11 is 5.38. The molecule has 1 aliphatic heterocycles. The average molecular weight is 228 g/mol. The molecule has 5 heteroatoms. The maximum atomic E-state index is 11.0. The van der Waals surface area contributed by atoms with Gasteiger partial charge in [0.05, 0.1) is 0 Å². The largest absolute Gasteiger partial charge is 0.486 e. The summed E-state index contributed by atoms with van der Waals surface area (Å²) < 4.78 is 10.7. The molecule has 0 fully saturated rings. The summed E-state index contributed by atoms with van der Waals surface area (Å²) in [5.41, 5.74) is 0.657. The first-order valence-corrected chi connectivity index (χ1v) is 5.08. The van der Waals surface area contributed by atoms with Gasteiger partial charge in [0.2, 0.25) is 5.91 Å². The van der Waals surface area contributed by atoms with Crippen LogP contribution in [0.3, 0.4) is 0 Å². The minimum atomic E-state index is -0.242. The van der Waals surface area contributed by atoms with Crippen molar-refractivity contribution in [1.29, 1.82) is 0 Å². The van der Waals surface area contributed by atoms with Crippen LogP contribution < -0.4 is 14.8 Å². The third-order valence-electron chi connectivity index (χ3n) is 1.95. The molecule has 1 aliphatic rings. The molecule has 0 aromatic heterocycles. The maximum absolute atomic E-state index is 11.0. The fraction of sp³-hybridized carbons (Fsp3) is 0.300. The molecule has 1 aromatic carbocycles. The molecule has 1 heterocycles. The molecule has 2 rings (SSSR count). The van der Waals surface area contributed by atoms with Gasteiger partial charge < -0.3 is 14.8 Å². The quantitative estimate of drug-likeness (QED) is 0.782. The molecule has 80 valence electrons. The zero-order valence-electron chi connectivity index (χ0n) is 7.96. The third-order valence-corrected chi connectivity index (χ3v) is 2.19. The molecule has 1 amide bonds. The van der Waals surface area contributed by atoms with Gasteiger partial charge in [-0.05, 0) is 12.1 Å². The Hall–Kier alpha value is -1.42. The Bertz CT molecular complexity index is 381. The van der Waals surface area contributed by atoms with E-state index in [9.17, 15) is 4.79 Å². The van der Waals surface area contributed by atoms with Crippen LogP contribution in [-0.2, 0) is 4.79 Å². The Balaban J connectivity index is 2.17. The summed E-state index contributed by atoms with van der Waals surface area (Å²) in [6, 6.07) is 5.23. The highest BCUT2D eigenvalue weighted by Gasteiger charge is 2.12. The van der Waals surface area contributed by atoms with E-state index in [4.69, 9.17) is 21.1 Å². The lowest BCUT2D eigenvalue weighted by molar-refractivity contribution is -0.113. The summed E-state index contributed by atoms with van der Waals surface area (Å²) in [6.07, 6.45) is 0. The fourth-order valence-electron chi connectivity index (χ4n) is 1.32. The molecular formula is C10H10ClNO3. The summed E-state index contributed by atoms with van der Waals surface area (Å²) in [5, 5.41) is 2.64. The minimum absolute atomic E-state index is 0.0611. The molecule has 4 nitrogen and oxygen atoms in total.